The zero-order valence-electron chi connectivity index (χ0n) is 28.4. The van der Waals surface area contributed by atoms with Crippen LogP contribution in [0.1, 0.15) is 94.9 Å². The van der Waals surface area contributed by atoms with Crippen molar-refractivity contribution < 1.29 is 15.0 Å². The molecular formula is C40H56O3. The zero-order chi connectivity index (χ0) is 32.4. The molecule has 0 radical (unpaired) electrons. The van der Waals surface area contributed by atoms with Gasteiger partial charge in [0.2, 0.25) is 0 Å². The maximum absolute atomic E-state index is 12.9. The van der Waals surface area contributed by atoms with Crippen molar-refractivity contribution in [3.8, 4) is 0 Å². The summed E-state index contributed by atoms with van der Waals surface area (Å²) in [4.78, 5) is 12.9. The van der Waals surface area contributed by atoms with Gasteiger partial charge in [-0.1, -0.05) is 141 Å². The van der Waals surface area contributed by atoms with Crippen molar-refractivity contribution in [1.29, 1.82) is 0 Å². The van der Waals surface area contributed by atoms with Crippen LogP contribution < -0.4 is 0 Å². The smallest absolute Gasteiger partial charge is 0.162 e. The first-order valence-corrected chi connectivity index (χ1v) is 15.7. The van der Waals surface area contributed by atoms with Crippen LogP contribution in [0.5, 0.6) is 0 Å². The fourth-order valence-electron chi connectivity index (χ4n) is 6.19. The lowest BCUT2D eigenvalue weighted by Gasteiger charge is -2.35. The van der Waals surface area contributed by atoms with Crippen LogP contribution in [-0.2, 0) is 4.79 Å². The molecule has 2 N–H and O–H groups in total. The van der Waals surface area contributed by atoms with Crippen LogP contribution in [0, 0.1) is 16.2 Å². The molecule has 0 aromatic carbocycles. The van der Waals surface area contributed by atoms with E-state index >= 15 is 0 Å². The maximum Gasteiger partial charge on any atom is 0.162 e. The quantitative estimate of drug-likeness (QED) is 0.188. The van der Waals surface area contributed by atoms with Gasteiger partial charge >= 0.3 is 0 Å². The lowest BCUT2D eigenvalue weighted by Crippen LogP contribution is -2.36. The van der Waals surface area contributed by atoms with Gasteiger partial charge in [0.15, 0.2) is 5.78 Å². The summed E-state index contributed by atoms with van der Waals surface area (Å²) >= 11 is 0. The Kier molecular flexibility index (Phi) is 13.2. The molecule has 234 valence electrons. The van der Waals surface area contributed by atoms with E-state index in [0.29, 0.717) is 12.8 Å². The lowest BCUT2D eigenvalue weighted by molar-refractivity contribution is -0.127. The van der Waals surface area contributed by atoms with Gasteiger partial charge in [0.1, 0.15) is 0 Å². The Balaban J connectivity index is 1.89. The fourth-order valence-corrected chi connectivity index (χ4v) is 6.19. The summed E-state index contributed by atoms with van der Waals surface area (Å²) in [7, 11) is 0. The van der Waals surface area contributed by atoms with Crippen molar-refractivity contribution >= 4 is 5.78 Å². The van der Waals surface area contributed by atoms with Crippen molar-refractivity contribution in [2.75, 3.05) is 0 Å². The fraction of sp³-hybridized carbons (Fsp3) is 0.475. The Morgan fingerprint density at radius 2 is 1.14 bits per heavy atom. The van der Waals surface area contributed by atoms with Crippen molar-refractivity contribution in [2.45, 2.75) is 107 Å². The Labute approximate surface area is 262 Å². The predicted octanol–water partition coefficient (Wildman–Crippen LogP) is 9.81. The third-order valence-electron chi connectivity index (χ3n) is 9.18. The highest BCUT2D eigenvalue weighted by molar-refractivity contribution is 5.95. The molecule has 0 heterocycles. The standard InChI is InChI=1S/C40H56O3/c1-29(17-13-19-31(3)21-23-36-33(5)25-34(41)26-38(36,6)7)15-11-12-16-30(2)18-14-20-32(4)22-24-37(43)40(10)28-35(42)27-39(40,8)9/h11-24,34-35,41-42H,25-28H2,1-10H3/b12-11+,17-13-,18-14+,23-21+,24-22+,29-15-,30-16+,31-19+,32-20+. The van der Waals surface area contributed by atoms with Crippen molar-refractivity contribution in [2.24, 2.45) is 16.2 Å². The third-order valence-corrected chi connectivity index (χ3v) is 9.18. The van der Waals surface area contributed by atoms with E-state index in [1.807, 2.05) is 50.3 Å². The second-order valence-electron chi connectivity index (χ2n) is 14.2. The Morgan fingerprint density at radius 3 is 1.63 bits per heavy atom. The van der Waals surface area contributed by atoms with Gasteiger partial charge in [-0.05, 0) is 82.8 Å². The molecule has 0 bridgehead atoms. The molecule has 3 atom stereocenters. The van der Waals surface area contributed by atoms with Crippen LogP contribution in [0.2, 0.25) is 0 Å². The first kappa shape index (κ1) is 36.2. The number of hydrogen-bond acceptors (Lipinski definition) is 3. The molecule has 0 spiro atoms. The van der Waals surface area contributed by atoms with Gasteiger partial charge in [0.05, 0.1) is 12.2 Å². The Hall–Kier alpha value is -3.01. The molecule has 2 aliphatic carbocycles. The number of aliphatic hydroxyl groups is 2. The van der Waals surface area contributed by atoms with Crippen LogP contribution in [0.25, 0.3) is 0 Å². The summed E-state index contributed by atoms with van der Waals surface area (Å²) in [5, 5.41) is 20.2. The summed E-state index contributed by atoms with van der Waals surface area (Å²) < 4.78 is 0. The Morgan fingerprint density at radius 1 is 0.651 bits per heavy atom. The molecule has 0 aliphatic heterocycles. The minimum absolute atomic E-state index is 0.00528. The molecule has 0 amide bonds. The normalized spacial score (nSPS) is 27.7. The number of aliphatic hydroxyl groups excluding tert-OH is 2. The highest BCUT2D eigenvalue weighted by atomic mass is 16.3. The molecule has 0 aromatic rings. The monoisotopic (exact) mass is 584 g/mol. The number of hydrogen-bond donors (Lipinski definition) is 2. The Bertz CT molecular complexity index is 1310. The van der Waals surface area contributed by atoms with Crippen LogP contribution >= 0.6 is 0 Å². The lowest BCUT2D eigenvalue weighted by atomic mass is 9.66. The minimum Gasteiger partial charge on any atom is -0.393 e. The van der Waals surface area contributed by atoms with Gasteiger partial charge in [0.25, 0.3) is 0 Å². The second-order valence-corrected chi connectivity index (χ2v) is 14.2. The van der Waals surface area contributed by atoms with E-state index in [4.69, 9.17) is 0 Å². The van der Waals surface area contributed by atoms with Gasteiger partial charge in [0, 0.05) is 5.41 Å². The zero-order valence-corrected chi connectivity index (χ0v) is 28.4. The van der Waals surface area contributed by atoms with Crippen molar-refractivity contribution in [3.05, 3.63) is 119 Å². The molecule has 43 heavy (non-hydrogen) atoms. The van der Waals surface area contributed by atoms with E-state index in [1.54, 1.807) is 6.08 Å². The summed E-state index contributed by atoms with van der Waals surface area (Å²) in [6.07, 6.45) is 30.6. The van der Waals surface area contributed by atoms with Crippen LogP contribution in [0.3, 0.4) is 0 Å². The molecule has 1 saturated carbocycles. The summed E-state index contributed by atoms with van der Waals surface area (Å²) in [5.41, 5.74) is 6.34. The first-order chi connectivity index (χ1) is 20.0. The highest BCUT2D eigenvalue weighted by Gasteiger charge is 2.52. The van der Waals surface area contributed by atoms with E-state index < -0.39 is 11.5 Å². The number of rotatable bonds is 11. The summed E-state index contributed by atoms with van der Waals surface area (Å²) in [6, 6.07) is 0. The molecule has 0 aromatic heterocycles. The minimum atomic E-state index is -0.532. The molecule has 2 aliphatic rings. The van der Waals surface area contributed by atoms with Gasteiger partial charge in [-0.25, -0.2) is 0 Å². The van der Waals surface area contributed by atoms with Gasteiger partial charge in [-0.15, -0.1) is 0 Å². The van der Waals surface area contributed by atoms with E-state index in [1.165, 1.54) is 16.7 Å². The number of ketones is 1. The summed E-state index contributed by atoms with van der Waals surface area (Å²) in [5.74, 6) is 0.0853. The van der Waals surface area contributed by atoms with Gasteiger partial charge in [-0.2, -0.15) is 0 Å². The summed E-state index contributed by atoms with van der Waals surface area (Å²) in [6.45, 7) is 20.9. The molecule has 3 heteroatoms. The first-order valence-electron chi connectivity index (χ1n) is 15.7. The topological polar surface area (TPSA) is 57.5 Å². The molecule has 2 rings (SSSR count). The third kappa shape index (κ3) is 10.9. The maximum atomic E-state index is 12.9. The predicted molar refractivity (Wildman–Crippen MR) is 185 cm³/mol. The second kappa shape index (κ2) is 15.6. The van der Waals surface area contributed by atoms with Crippen LogP contribution in [-0.4, -0.2) is 28.2 Å². The van der Waals surface area contributed by atoms with E-state index in [2.05, 4.69) is 97.9 Å². The van der Waals surface area contributed by atoms with Crippen molar-refractivity contribution in [1.82, 2.24) is 0 Å². The van der Waals surface area contributed by atoms with Gasteiger partial charge in [-0.3, -0.25) is 4.79 Å². The van der Waals surface area contributed by atoms with E-state index in [0.717, 1.165) is 29.6 Å². The van der Waals surface area contributed by atoms with Gasteiger partial charge < -0.3 is 10.2 Å². The average molecular weight is 585 g/mol. The number of carbonyl (C=O) groups is 1. The number of carbonyl (C=O) groups excluding carboxylic acids is 1. The molecular weight excluding hydrogens is 528 g/mol. The highest BCUT2D eigenvalue weighted by Crippen LogP contribution is 2.53. The van der Waals surface area contributed by atoms with Crippen molar-refractivity contribution in [3.63, 3.8) is 0 Å². The number of allylic oxidation sites excluding steroid dienone is 19. The van der Waals surface area contributed by atoms with Crippen LogP contribution in [0.4, 0.5) is 0 Å². The van der Waals surface area contributed by atoms with E-state index in [9.17, 15) is 15.0 Å². The average Bonchev–Trinajstić information content (AvgIpc) is 3.10. The SMILES string of the molecule is CC1=C(/C=C/C(C)=C/C=C\C(C)=C/C=C/C=C(C)/C=C/C=C(C)/C=C/C(=O)C2(C)CC(O)CC2(C)C)C(C)(C)CC(O)C1. The molecule has 3 unspecified atom stereocenters. The van der Waals surface area contributed by atoms with Crippen LogP contribution in [0.15, 0.2) is 119 Å². The largest absolute Gasteiger partial charge is 0.393 e. The molecule has 3 nitrogen and oxygen atoms in total. The van der Waals surface area contributed by atoms with E-state index in [-0.39, 0.29) is 22.7 Å². The molecule has 1 fully saturated rings. The molecule has 0 saturated heterocycles.